The van der Waals surface area contributed by atoms with Crippen molar-refractivity contribution in [1.82, 2.24) is 20.9 Å². The number of aliphatic carboxylic acids is 1. The van der Waals surface area contributed by atoms with Crippen molar-refractivity contribution in [3.63, 3.8) is 0 Å². The average Bonchev–Trinajstić information content (AvgIpc) is 3.18. The molecule has 186 valence electrons. The first-order valence-electron chi connectivity index (χ1n) is 11.4. The predicted octanol–water partition coefficient (Wildman–Crippen LogP) is 0.910. The van der Waals surface area contributed by atoms with Gasteiger partial charge in [-0.2, -0.15) is 0 Å². The maximum absolute atomic E-state index is 12.7. The van der Waals surface area contributed by atoms with Crippen molar-refractivity contribution in [1.29, 1.82) is 0 Å². The minimum atomic E-state index is -1.18. The topological polar surface area (TPSA) is 166 Å². The zero-order chi connectivity index (χ0) is 25.4. The summed E-state index contributed by atoms with van der Waals surface area (Å²) in [6.07, 6.45) is 2.16. The van der Waals surface area contributed by atoms with Gasteiger partial charge < -0.3 is 31.8 Å². The number of rotatable bonds is 12. The Morgan fingerprint density at radius 3 is 2.29 bits per heavy atom. The third-order valence-corrected chi connectivity index (χ3v) is 5.52. The fraction of sp³-hybridized carbons (Fsp3) is 0.500. The Kier molecular flexibility index (Phi) is 9.61. The van der Waals surface area contributed by atoms with E-state index in [4.69, 9.17) is 5.73 Å². The van der Waals surface area contributed by atoms with Crippen molar-refractivity contribution in [2.75, 3.05) is 6.54 Å². The molecular formula is C24H35N5O5. The largest absolute Gasteiger partial charge is 0.480 e. The minimum absolute atomic E-state index is 0.0815. The molecule has 0 aliphatic carbocycles. The lowest BCUT2D eigenvalue weighted by atomic mass is 10.0. The summed E-state index contributed by atoms with van der Waals surface area (Å²) < 4.78 is 0. The SMILES string of the molecule is CC(C)CC(NC(=O)C(N)C(C)C)C(=O)NCC(=O)NC(Cc1c[nH]c2ccccc12)C(=O)O. The highest BCUT2D eigenvalue weighted by Gasteiger charge is 2.27. The molecule has 7 N–H and O–H groups in total. The second-order valence-corrected chi connectivity index (χ2v) is 9.20. The monoisotopic (exact) mass is 473 g/mol. The molecule has 3 unspecified atom stereocenters. The molecule has 3 atom stereocenters. The normalized spacial score (nSPS) is 14.0. The number of benzene rings is 1. The molecule has 0 saturated heterocycles. The van der Waals surface area contributed by atoms with Crippen LogP contribution in [0, 0.1) is 11.8 Å². The van der Waals surface area contributed by atoms with Crippen LogP contribution in [0.1, 0.15) is 39.7 Å². The van der Waals surface area contributed by atoms with Crippen molar-refractivity contribution in [3.8, 4) is 0 Å². The molecule has 2 aromatic rings. The summed E-state index contributed by atoms with van der Waals surface area (Å²) in [5.41, 5.74) is 7.50. The van der Waals surface area contributed by atoms with E-state index in [9.17, 15) is 24.3 Å². The van der Waals surface area contributed by atoms with Gasteiger partial charge >= 0.3 is 5.97 Å². The molecule has 10 nitrogen and oxygen atoms in total. The first-order chi connectivity index (χ1) is 16.0. The van der Waals surface area contributed by atoms with E-state index in [1.165, 1.54) is 0 Å². The summed E-state index contributed by atoms with van der Waals surface area (Å²) in [4.78, 5) is 52.2. The number of aromatic amines is 1. The molecule has 0 fully saturated rings. The standard InChI is InChI=1S/C24H35N5O5/c1-13(2)9-18(29-23(32)21(25)14(3)4)22(31)27-12-20(30)28-19(24(33)34)10-15-11-26-17-8-6-5-7-16(15)17/h5-8,11,13-14,18-19,21,26H,9-10,12,25H2,1-4H3,(H,27,31)(H,28,30)(H,29,32)(H,33,34). The smallest absolute Gasteiger partial charge is 0.326 e. The number of aromatic nitrogens is 1. The first-order valence-corrected chi connectivity index (χ1v) is 11.4. The quantitative estimate of drug-likeness (QED) is 0.268. The molecule has 0 aliphatic rings. The van der Waals surface area contributed by atoms with E-state index in [1.807, 2.05) is 38.1 Å². The molecule has 0 spiro atoms. The van der Waals surface area contributed by atoms with Crippen LogP contribution >= 0.6 is 0 Å². The molecule has 0 aliphatic heterocycles. The number of para-hydroxylation sites is 1. The maximum Gasteiger partial charge on any atom is 0.326 e. The van der Waals surface area contributed by atoms with Crippen molar-refractivity contribution < 1.29 is 24.3 Å². The Labute approximate surface area is 199 Å². The van der Waals surface area contributed by atoms with Crippen LogP contribution in [0.15, 0.2) is 30.5 Å². The van der Waals surface area contributed by atoms with E-state index in [1.54, 1.807) is 20.0 Å². The number of carbonyl (C=O) groups is 4. The van der Waals surface area contributed by atoms with Crippen LogP contribution in [-0.4, -0.2) is 58.5 Å². The number of nitrogens with two attached hydrogens (primary N) is 1. The van der Waals surface area contributed by atoms with Gasteiger partial charge in [0.1, 0.15) is 12.1 Å². The van der Waals surface area contributed by atoms with Crippen LogP contribution in [0.5, 0.6) is 0 Å². The highest BCUT2D eigenvalue weighted by Crippen LogP contribution is 2.19. The molecule has 0 radical (unpaired) electrons. The average molecular weight is 474 g/mol. The summed E-state index contributed by atoms with van der Waals surface area (Å²) >= 11 is 0. The highest BCUT2D eigenvalue weighted by atomic mass is 16.4. The number of H-pyrrole nitrogens is 1. The number of nitrogens with one attached hydrogen (secondary N) is 4. The van der Waals surface area contributed by atoms with Gasteiger partial charge in [0.05, 0.1) is 12.6 Å². The highest BCUT2D eigenvalue weighted by molar-refractivity contribution is 5.93. The Hall–Kier alpha value is -3.40. The first kappa shape index (κ1) is 26.8. The Balaban J connectivity index is 1.97. The fourth-order valence-corrected chi connectivity index (χ4v) is 3.53. The van der Waals surface area contributed by atoms with Crippen LogP contribution in [0.4, 0.5) is 0 Å². The Morgan fingerprint density at radius 2 is 1.68 bits per heavy atom. The van der Waals surface area contributed by atoms with Crippen molar-refractivity contribution in [3.05, 3.63) is 36.0 Å². The van der Waals surface area contributed by atoms with E-state index in [0.29, 0.717) is 6.42 Å². The number of hydrogen-bond donors (Lipinski definition) is 6. The number of amides is 3. The zero-order valence-electron chi connectivity index (χ0n) is 20.1. The van der Waals surface area contributed by atoms with Gasteiger partial charge in [-0.05, 0) is 29.9 Å². The fourth-order valence-electron chi connectivity index (χ4n) is 3.53. The molecule has 10 heteroatoms. The van der Waals surface area contributed by atoms with Gasteiger partial charge in [-0.25, -0.2) is 4.79 Å². The van der Waals surface area contributed by atoms with Gasteiger partial charge in [0, 0.05) is 23.5 Å². The Morgan fingerprint density at radius 1 is 1.00 bits per heavy atom. The molecule has 0 bridgehead atoms. The minimum Gasteiger partial charge on any atom is -0.480 e. The molecule has 3 amide bonds. The predicted molar refractivity (Wildman–Crippen MR) is 129 cm³/mol. The molecule has 2 rings (SSSR count). The molecule has 1 aromatic carbocycles. The molecule has 34 heavy (non-hydrogen) atoms. The summed E-state index contributed by atoms with van der Waals surface area (Å²) in [6, 6.07) is 4.69. The molecular weight excluding hydrogens is 438 g/mol. The second-order valence-electron chi connectivity index (χ2n) is 9.20. The lowest BCUT2D eigenvalue weighted by Crippen LogP contribution is -2.54. The number of fused-ring (bicyclic) bond motifs is 1. The van der Waals surface area contributed by atoms with Crippen LogP contribution in [0.3, 0.4) is 0 Å². The summed E-state index contributed by atoms with van der Waals surface area (Å²) in [5, 5.41) is 18.1. The number of carboxylic acids is 1. The lowest BCUT2D eigenvalue weighted by Gasteiger charge is -2.23. The molecule has 0 saturated carbocycles. The van der Waals surface area contributed by atoms with Crippen LogP contribution in [0.25, 0.3) is 10.9 Å². The number of carboxylic acid groups (broad SMARTS) is 1. The number of carbonyl (C=O) groups excluding carboxylic acids is 3. The van der Waals surface area contributed by atoms with Crippen molar-refractivity contribution >= 4 is 34.6 Å². The van der Waals surface area contributed by atoms with Crippen LogP contribution < -0.4 is 21.7 Å². The van der Waals surface area contributed by atoms with Crippen molar-refractivity contribution in [2.45, 2.75) is 58.7 Å². The summed E-state index contributed by atoms with van der Waals surface area (Å²) in [7, 11) is 0. The van der Waals surface area contributed by atoms with E-state index in [-0.39, 0.29) is 18.3 Å². The summed E-state index contributed by atoms with van der Waals surface area (Å²) in [6.45, 7) is 7.01. The lowest BCUT2D eigenvalue weighted by molar-refractivity contribution is -0.141. The van der Waals surface area contributed by atoms with Gasteiger partial charge in [0.15, 0.2) is 0 Å². The van der Waals surface area contributed by atoms with E-state index in [2.05, 4.69) is 20.9 Å². The zero-order valence-corrected chi connectivity index (χ0v) is 20.1. The van der Waals surface area contributed by atoms with E-state index in [0.717, 1.165) is 16.5 Å². The van der Waals surface area contributed by atoms with Gasteiger partial charge in [-0.3, -0.25) is 14.4 Å². The third-order valence-electron chi connectivity index (χ3n) is 5.52. The molecule has 1 aromatic heterocycles. The third kappa shape index (κ3) is 7.58. The molecule has 1 heterocycles. The van der Waals surface area contributed by atoms with Crippen LogP contribution in [0.2, 0.25) is 0 Å². The van der Waals surface area contributed by atoms with E-state index < -0.39 is 48.4 Å². The van der Waals surface area contributed by atoms with Gasteiger partial charge in [-0.1, -0.05) is 45.9 Å². The van der Waals surface area contributed by atoms with Crippen molar-refractivity contribution in [2.24, 2.45) is 17.6 Å². The van der Waals surface area contributed by atoms with Gasteiger partial charge in [0.25, 0.3) is 0 Å². The second kappa shape index (κ2) is 12.2. The van der Waals surface area contributed by atoms with Gasteiger partial charge in [0.2, 0.25) is 17.7 Å². The van der Waals surface area contributed by atoms with Gasteiger partial charge in [-0.15, -0.1) is 0 Å². The van der Waals surface area contributed by atoms with Crippen LogP contribution in [-0.2, 0) is 25.6 Å². The maximum atomic E-state index is 12.7. The Bertz CT molecular complexity index is 1020. The number of hydrogen-bond acceptors (Lipinski definition) is 5. The summed E-state index contributed by atoms with van der Waals surface area (Å²) in [5.74, 6) is -2.79. The van der Waals surface area contributed by atoms with E-state index >= 15 is 0 Å².